The van der Waals surface area contributed by atoms with Crippen molar-refractivity contribution in [3.8, 4) is 22.5 Å². The number of fused-ring (bicyclic) bond motifs is 3. The fourth-order valence-corrected chi connectivity index (χ4v) is 4.23. The zero-order valence-electron chi connectivity index (χ0n) is 15.7. The lowest BCUT2D eigenvalue weighted by Gasteiger charge is -2.29. The summed E-state index contributed by atoms with van der Waals surface area (Å²) in [5, 5.41) is 0.515. The summed E-state index contributed by atoms with van der Waals surface area (Å²) >= 11 is 6.09. The lowest BCUT2D eigenvalue weighted by molar-refractivity contribution is 0.0999. The van der Waals surface area contributed by atoms with E-state index in [1.165, 1.54) is 5.69 Å². The van der Waals surface area contributed by atoms with E-state index in [4.69, 9.17) is 27.1 Å². The highest BCUT2D eigenvalue weighted by molar-refractivity contribution is 6.30. The number of anilines is 1. The first-order chi connectivity index (χ1) is 14.1. The first-order valence-electron chi connectivity index (χ1n) is 9.51. The van der Waals surface area contributed by atoms with Crippen molar-refractivity contribution in [2.45, 2.75) is 6.42 Å². The molecule has 0 bridgehead atoms. The van der Waals surface area contributed by atoms with Crippen molar-refractivity contribution >= 4 is 23.2 Å². The Bertz CT molecular complexity index is 1130. The number of benzene rings is 1. The number of pyridine rings is 2. The molecular formula is C22H19ClN4O2. The van der Waals surface area contributed by atoms with Crippen LogP contribution in [0.5, 0.6) is 0 Å². The Morgan fingerprint density at radius 3 is 2.72 bits per heavy atom. The monoisotopic (exact) mass is 406 g/mol. The molecule has 7 heteroatoms. The predicted molar refractivity (Wildman–Crippen MR) is 112 cm³/mol. The molecular weight excluding hydrogens is 388 g/mol. The zero-order chi connectivity index (χ0) is 20.0. The second-order valence-corrected chi connectivity index (χ2v) is 7.69. The van der Waals surface area contributed by atoms with Gasteiger partial charge in [0, 0.05) is 54.3 Å². The maximum atomic E-state index is 12.2. The number of rotatable bonds is 3. The molecule has 2 aromatic heterocycles. The maximum absolute atomic E-state index is 12.2. The number of nitrogens with zero attached hydrogens (tertiary/aromatic N) is 3. The van der Waals surface area contributed by atoms with Gasteiger partial charge in [0.15, 0.2) is 0 Å². The van der Waals surface area contributed by atoms with E-state index in [1.807, 2.05) is 0 Å². The Labute approximate surface area is 173 Å². The zero-order valence-corrected chi connectivity index (χ0v) is 16.4. The third-order valence-electron chi connectivity index (χ3n) is 5.48. The average molecular weight is 407 g/mol. The minimum absolute atomic E-state index is 0.457. The topological polar surface area (TPSA) is 81.3 Å². The van der Waals surface area contributed by atoms with E-state index in [2.05, 4.69) is 28.1 Å². The van der Waals surface area contributed by atoms with Crippen molar-refractivity contribution < 1.29 is 9.53 Å². The number of hydrogen-bond acceptors (Lipinski definition) is 5. The van der Waals surface area contributed by atoms with E-state index in [0.29, 0.717) is 22.7 Å². The second kappa shape index (κ2) is 7.13. The highest BCUT2D eigenvalue weighted by atomic mass is 35.5. The number of hydrogen-bond donors (Lipinski definition) is 1. The van der Waals surface area contributed by atoms with E-state index in [-0.39, 0.29) is 0 Å². The highest BCUT2D eigenvalue weighted by Gasteiger charge is 2.27. The third-order valence-corrected chi connectivity index (χ3v) is 5.68. The molecule has 146 valence electrons. The molecule has 3 aromatic rings. The normalized spacial score (nSPS) is 15.1. The Kier molecular flexibility index (Phi) is 4.45. The summed E-state index contributed by atoms with van der Waals surface area (Å²) in [5.74, 6) is -0.457. The number of primary amides is 1. The molecule has 1 fully saturated rings. The van der Waals surface area contributed by atoms with Crippen LogP contribution in [0.4, 0.5) is 5.69 Å². The molecule has 0 spiro atoms. The summed E-state index contributed by atoms with van der Waals surface area (Å²) in [4.78, 5) is 23.5. The van der Waals surface area contributed by atoms with Crippen LogP contribution < -0.4 is 10.6 Å². The molecule has 1 aliphatic carbocycles. The fraction of sp³-hybridized carbons (Fsp3) is 0.227. The van der Waals surface area contributed by atoms with Crippen LogP contribution in [-0.2, 0) is 11.2 Å². The van der Waals surface area contributed by atoms with E-state index in [1.54, 1.807) is 24.5 Å². The summed E-state index contributed by atoms with van der Waals surface area (Å²) in [5.41, 5.74) is 12.6. The summed E-state index contributed by atoms with van der Waals surface area (Å²) in [6, 6.07) is 9.91. The molecule has 6 nitrogen and oxygen atoms in total. The van der Waals surface area contributed by atoms with Crippen LogP contribution >= 0.6 is 11.6 Å². The number of amides is 1. The summed E-state index contributed by atoms with van der Waals surface area (Å²) in [6.45, 7) is 3.23. The smallest absolute Gasteiger partial charge is 0.249 e. The standard InChI is InChI=1S/C22H19ClN4O2/c23-15-7-14(11-25-12-15)20-10-19(22(24)28)18-9-13-8-16(27-3-5-29-6-4-27)1-2-17(13)21(18)26-20/h1-2,7-8,10-12H,3-6,9H2,(H2,24,28). The van der Waals surface area contributed by atoms with Crippen LogP contribution in [0.25, 0.3) is 22.5 Å². The molecule has 1 aromatic carbocycles. The number of carbonyl (C=O) groups excluding carboxylic acids is 1. The minimum Gasteiger partial charge on any atom is -0.378 e. The van der Waals surface area contributed by atoms with Gasteiger partial charge >= 0.3 is 0 Å². The summed E-state index contributed by atoms with van der Waals surface area (Å²) in [7, 11) is 0. The number of ether oxygens (including phenoxy) is 1. The molecule has 1 amide bonds. The maximum Gasteiger partial charge on any atom is 0.249 e. The van der Waals surface area contributed by atoms with Gasteiger partial charge in [0.25, 0.3) is 0 Å². The van der Waals surface area contributed by atoms with Gasteiger partial charge in [-0.25, -0.2) is 4.98 Å². The molecule has 3 heterocycles. The van der Waals surface area contributed by atoms with Gasteiger partial charge in [-0.1, -0.05) is 17.7 Å². The lowest BCUT2D eigenvalue weighted by atomic mass is 10.0. The highest BCUT2D eigenvalue weighted by Crippen LogP contribution is 2.40. The van der Waals surface area contributed by atoms with E-state index in [0.717, 1.165) is 54.3 Å². The van der Waals surface area contributed by atoms with Gasteiger partial charge in [0.2, 0.25) is 5.91 Å². The number of carbonyl (C=O) groups is 1. The van der Waals surface area contributed by atoms with Crippen molar-refractivity contribution in [1.29, 1.82) is 0 Å². The first kappa shape index (κ1) is 18.1. The van der Waals surface area contributed by atoms with Gasteiger partial charge in [0.1, 0.15) is 0 Å². The van der Waals surface area contributed by atoms with Gasteiger partial charge in [-0.3, -0.25) is 9.78 Å². The molecule has 0 unspecified atom stereocenters. The average Bonchev–Trinajstić information content (AvgIpc) is 3.11. The number of nitrogens with two attached hydrogens (primary N) is 1. The molecule has 5 rings (SSSR count). The minimum atomic E-state index is -0.457. The van der Waals surface area contributed by atoms with E-state index < -0.39 is 5.91 Å². The molecule has 2 N–H and O–H groups in total. The van der Waals surface area contributed by atoms with E-state index in [9.17, 15) is 4.79 Å². The number of aromatic nitrogens is 2. The van der Waals surface area contributed by atoms with Gasteiger partial charge in [-0.2, -0.15) is 0 Å². The molecule has 29 heavy (non-hydrogen) atoms. The number of halogens is 1. The van der Waals surface area contributed by atoms with Gasteiger partial charge in [0.05, 0.1) is 29.6 Å². The summed E-state index contributed by atoms with van der Waals surface area (Å²) in [6.07, 6.45) is 3.89. The van der Waals surface area contributed by atoms with Gasteiger partial charge in [-0.15, -0.1) is 0 Å². The molecule has 0 radical (unpaired) electrons. The number of morpholine rings is 1. The fourth-order valence-electron chi connectivity index (χ4n) is 4.06. The first-order valence-corrected chi connectivity index (χ1v) is 9.88. The Morgan fingerprint density at radius 2 is 1.97 bits per heavy atom. The van der Waals surface area contributed by atoms with Crippen LogP contribution in [0.15, 0.2) is 42.7 Å². The van der Waals surface area contributed by atoms with Crippen molar-refractivity contribution in [3.05, 3.63) is 64.4 Å². The van der Waals surface area contributed by atoms with Crippen LogP contribution in [0.1, 0.15) is 21.5 Å². The third kappa shape index (κ3) is 3.24. The quantitative estimate of drug-likeness (QED) is 0.564. The van der Waals surface area contributed by atoms with Crippen molar-refractivity contribution in [2.24, 2.45) is 5.73 Å². The molecule has 0 atom stereocenters. The molecule has 2 aliphatic rings. The van der Waals surface area contributed by atoms with Crippen LogP contribution in [0.3, 0.4) is 0 Å². The Balaban J connectivity index is 1.61. The van der Waals surface area contributed by atoms with Crippen molar-refractivity contribution in [1.82, 2.24) is 9.97 Å². The molecule has 0 saturated carbocycles. The second-order valence-electron chi connectivity index (χ2n) is 7.26. The van der Waals surface area contributed by atoms with Gasteiger partial charge in [-0.05, 0) is 35.4 Å². The Morgan fingerprint density at radius 1 is 1.14 bits per heavy atom. The summed E-state index contributed by atoms with van der Waals surface area (Å²) < 4.78 is 5.45. The van der Waals surface area contributed by atoms with E-state index >= 15 is 0 Å². The van der Waals surface area contributed by atoms with Gasteiger partial charge < -0.3 is 15.4 Å². The van der Waals surface area contributed by atoms with Crippen LogP contribution in [-0.4, -0.2) is 42.2 Å². The molecule has 1 saturated heterocycles. The lowest BCUT2D eigenvalue weighted by Crippen LogP contribution is -2.36. The molecule has 1 aliphatic heterocycles. The largest absolute Gasteiger partial charge is 0.378 e. The van der Waals surface area contributed by atoms with Crippen molar-refractivity contribution in [2.75, 3.05) is 31.2 Å². The van der Waals surface area contributed by atoms with Crippen molar-refractivity contribution in [3.63, 3.8) is 0 Å². The Hall–Kier alpha value is -2.96. The van der Waals surface area contributed by atoms with Crippen LogP contribution in [0, 0.1) is 0 Å². The van der Waals surface area contributed by atoms with Crippen LogP contribution in [0.2, 0.25) is 5.02 Å². The predicted octanol–water partition coefficient (Wildman–Crippen LogP) is 3.30. The SMILES string of the molecule is NC(=O)c1cc(-c2cncc(Cl)c2)nc2c1Cc1cc(N3CCOCC3)ccc1-2.